The van der Waals surface area contributed by atoms with Crippen LogP contribution in [0.4, 0.5) is 0 Å². The number of carbonyl (C=O) groups is 1. The lowest BCUT2D eigenvalue weighted by atomic mass is 10.1. The quantitative estimate of drug-likeness (QED) is 0.932. The maximum atomic E-state index is 12.2. The molecule has 0 aliphatic carbocycles. The summed E-state index contributed by atoms with van der Waals surface area (Å²) in [6.07, 6.45) is 0.341. The molecule has 0 saturated carbocycles. The van der Waals surface area contributed by atoms with Crippen LogP contribution < -0.4 is 14.8 Å². The van der Waals surface area contributed by atoms with Crippen LogP contribution in [-0.2, 0) is 11.2 Å². The van der Waals surface area contributed by atoms with Gasteiger partial charge in [0, 0.05) is 11.1 Å². The van der Waals surface area contributed by atoms with Crippen LogP contribution in [0.2, 0.25) is 5.02 Å². The fourth-order valence-electron chi connectivity index (χ4n) is 2.56. The lowest BCUT2D eigenvalue weighted by Gasteiger charge is -2.22. The zero-order chi connectivity index (χ0) is 16.2. The van der Waals surface area contributed by atoms with Crippen molar-refractivity contribution in [1.82, 2.24) is 5.32 Å². The topological polar surface area (TPSA) is 47.6 Å². The number of amides is 1. The molecule has 4 nitrogen and oxygen atoms in total. The van der Waals surface area contributed by atoms with Crippen LogP contribution in [0.15, 0.2) is 42.5 Å². The second-order valence-corrected chi connectivity index (χ2v) is 5.88. The summed E-state index contributed by atoms with van der Waals surface area (Å²) in [5, 5.41) is 3.53. The number of benzene rings is 2. The Morgan fingerprint density at radius 3 is 2.52 bits per heavy atom. The van der Waals surface area contributed by atoms with Gasteiger partial charge in [0.2, 0.25) is 5.91 Å². The number of ether oxygens (including phenoxy) is 2. The van der Waals surface area contributed by atoms with Crippen molar-refractivity contribution in [1.29, 1.82) is 0 Å². The van der Waals surface area contributed by atoms with Crippen LogP contribution in [0.5, 0.6) is 11.5 Å². The lowest BCUT2D eigenvalue weighted by molar-refractivity contribution is -0.121. The number of rotatable bonds is 4. The summed E-state index contributed by atoms with van der Waals surface area (Å²) in [7, 11) is 0. The van der Waals surface area contributed by atoms with E-state index in [1.165, 1.54) is 0 Å². The van der Waals surface area contributed by atoms with Crippen molar-refractivity contribution >= 4 is 17.5 Å². The van der Waals surface area contributed by atoms with Crippen LogP contribution in [0.25, 0.3) is 0 Å². The van der Waals surface area contributed by atoms with Crippen molar-refractivity contribution in [3.05, 3.63) is 58.6 Å². The van der Waals surface area contributed by atoms with E-state index in [0.29, 0.717) is 36.2 Å². The highest BCUT2D eigenvalue weighted by atomic mass is 35.5. The molecule has 2 aromatic rings. The van der Waals surface area contributed by atoms with Gasteiger partial charge in [0.1, 0.15) is 13.2 Å². The molecule has 2 aromatic carbocycles. The van der Waals surface area contributed by atoms with Gasteiger partial charge in [0.25, 0.3) is 0 Å². The fraction of sp³-hybridized carbons (Fsp3) is 0.278. The van der Waals surface area contributed by atoms with Crippen LogP contribution in [-0.4, -0.2) is 19.1 Å². The van der Waals surface area contributed by atoms with E-state index in [4.69, 9.17) is 21.1 Å². The first-order valence-corrected chi connectivity index (χ1v) is 7.93. The Kier molecular flexibility index (Phi) is 4.72. The molecule has 0 spiro atoms. The van der Waals surface area contributed by atoms with Crippen molar-refractivity contribution in [2.45, 2.75) is 19.4 Å². The van der Waals surface area contributed by atoms with E-state index >= 15 is 0 Å². The standard InChI is InChI=1S/C18H18ClNO3/c1-12(20-18(21)9-13-5-3-2-4-6-13)14-10-16-17(11-15(14)19)23-8-7-22-16/h2-6,10-12H,7-9H2,1H3,(H,20,21)/t12-/m1/s1. The Hall–Kier alpha value is -2.20. The molecule has 1 N–H and O–H groups in total. The minimum absolute atomic E-state index is 0.0466. The normalized spacial score (nSPS) is 14.2. The highest BCUT2D eigenvalue weighted by molar-refractivity contribution is 6.31. The van der Waals surface area contributed by atoms with Gasteiger partial charge in [0.15, 0.2) is 11.5 Å². The van der Waals surface area contributed by atoms with Crippen molar-refractivity contribution < 1.29 is 14.3 Å². The number of hydrogen-bond acceptors (Lipinski definition) is 3. The maximum absolute atomic E-state index is 12.2. The van der Waals surface area contributed by atoms with Crippen LogP contribution in [0, 0.1) is 0 Å². The van der Waals surface area contributed by atoms with Gasteiger partial charge in [-0.1, -0.05) is 41.9 Å². The Morgan fingerprint density at radius 1 is 1.17 bits per heavy atom. The molecular weight excluding hydrogens is 314 g/mol. The van der Waals surface area contributed by atoms with E-state index in [9.17, 15) is 4.79 Å². The van der Waals surface area contributed by atoms with Crippen LogP contribution >= 0.6 is 11.6 Å². The average Bonchev–Trinajstić information content (AvgIpc) is 2.55. The minimum Gasteiger partial charge on any atom is -0.486 e. The summed E-state index contributed by atoms with van der Waals surface area (Å²) in [6, 6.07) is 13.0. The van der Waals surface area contributed by atoms with E-state index in [1.54, 1.807) is 6.07 Å². The van der Waals surface area contributed by atoms with Gasteiger partial charge in [-0.2, -0.15) is 0 Å². The smallest absolute Gasteiger partial charge is 0.224 e. The Labute approximate surface area is 140 Å². The summed E-state index contributed by atoms with van der Waals surface area (Å²) < 4.78 is 11.1. The van der Waals surface area contributed by atoms with Crippen molar-refractivity contribution in [3.63, 3.8) is 0 Å². The van der Waals surface area contributed by atoms with Gasteiger partial charge >= 0.3 is 0 Å². The van der Waals surface area contributed by atoms with Crippen molar-refractivity contribution in [3.8, 4) is 11.5 Å². The molecule has 0 bridgehead atoms. The number of fused-ring (bicyclic) bond motifs is 1. The molecule has 1 heterocycles. The highest BCUT2D eigenvalue weighted by Gasteiger charge is 2.19. The highest BCUT2D eigenvalue weighted by Crippen LogP contribution is 2.37. The fourth-order valence-corrected chi connectivity index (χ4v) is 2.88. The lowest BCUT2D eigenvalue weighted by Crippen LogP contribution is -2.28. The molecule has 0 saturated heterocycles. The third-order valence-corrected chi connectivity index (χ3v) is 4.04. The number of nitrogens with one attached hydrogen (secondary N) is 1. The summed E-state index contributed by atoms with van der Waals surface area (Å²) in [5.41, 5.74) is 1.79. The molecule has 3 rings (SSSR count). The predicted molar refractivity (Wildman–Crippen MR) is 89.1 cm³/mol. The third-order valence-electron chi connectivity index (χ3n) is 3.71. The average molecular weight is 332 g/mol. The molecule has 5 heteroatoms. The van der Waals surface area contributed by atoms with Crippen LogP contribution in [0.3, 0.4) is 0 Å². The minimum atomic E-state index is -0.213. The SMILES string of the molecule is C[C@@H](NC(=O)Cc1ccccc1)c1cc2c(cc1Cl)OCCO2. The van der Waals surface area contributed by atoms with Crippen molar-refractivity contribution in [2.75, 3.05) is 13.2 Å². The Balaban J connectivity index is 1.70. The molecule has 0 radical (unpaired) electrons. The van der Waals surface area contributed by atoms with Crippen molar-refractivity contribution in [2.24, 2.45) is 0 Å². The summed E-state index contributed by atoms with van der Waals surface area (Å²) in [5.74, 6) is 1.27. The molecule has 0 aromatic heterocycles. The number of hydrogen-bond donors (Lipinski definition) is 1. The first-order chi connectivity index (χ1) is 11.1. The Bertz CT molecular complexity index is 703. The zero-order valence-electron chi connectivity index (χ0n) is 12.8. The van der Waals surface area contributed by atoms with Gasteiger partial charge < -0.3 is 14.8 Å². The predicted octanol–water partition coefficient (Wildman–Crippen LogP) is 3.53. The zero-order valence-corrected chi connectivity index (χ0v) is 13.6. The van der Waals surface area contributed by atoms with E-state index in [-0.39, 0.29) is 11.9 Å². The second-order valence-electron chi connectivity index (χ2n) is 5.47. The molecular formula is C18H18ClNO3. The maximum Gasteiger partial charge on any atom is 0.224 e. The van der Waals surface area contributed by atoms with E-state index < -0.39 is 0 Å². The van der Waals surface area contributed by atoms with Gasteiger partial charge in [0.05, 0.1) is 12.5 Å². The molecule has 1 atom stereocenters. The van der Waals surface area contributed by atoms with Crippen LogP contribution in [0.1, 0.15) is 24.1 Å². The molecule has 120 valence electrons. The Morgan fingerprint density at radius 2 is 1.83 bits per heavy atom. The monoisotopic (exact) mass is 331 g/mol. The number of carbonyl (C=O) groups excluding carboxylic acids is 1. The molecule has 1 aliphatic heterocycles. The summed E-state index contributed by atoms with van der Waals surface area (Å²) in [6.45, 7) is 2.94. The third kappa shape index (κ3) is 3.77. The van der Waals surface area contributed by atoms with Gasteiger partial charge in [-0.25, -0.2) is 0 Å². The first kappa shape index (κ1) is 15.7. The molecule has 23 heavy (non-hydrogen) atoms. The van der Waals surface area contributed by atoms with E-state index in [1.807, 2.05) is 43.3 Å². The largest absolute Gasteiger partial charge is 0.486 e. The number of halogens is 1. The molecule has 1 aliphatic rings. The summed E-state index contributed by atoms with van der Waals surface area (Å²) in [4.78, 5) is 12.2. The molecule has 0 fully saturated rings. The second kappa shape index (κ2) is 6.92. The van der Waals surface area contributed by atoms with E-state index in [2.05, 4.69) is 5.32 Å². The van der Waals surface area contributed by atoms with E-state index in [0.717, 1.165) is 11.1 Å². The van der Waals surface area contributed by atoms with Gasteiger partial charge in [-0.15, -0.1) is 0 Å². The first-order valence-electron chi connectivity index (χ1n) is 7.56. The van der Waals surface area contributed by atoms with Gasteiger partial charge in [-0.05, 0) is 24.1 Å². The summed E-state index contributed by atoms with van der Waals surface area (Å²) >= 11 is 6.31. The van der Waals surface area contributed by atoms with Gasteiger partial charge in [-0.3, -0.25) is 4.79 Å². The molecule has 0 unspecified atom stereocenters. The molecule has 1 amide bonds.